The fourth-order valence-corrected chi connectivity index (χ4v) is 0.811. The first-order valence-corrected chi connectivity index (χ1v) is 3.21. The maximum absolute atomic E-state index is 8.50. The van der Waals surface area contributed by atoms with E-state index in [2.05, 4.69) is 6.07 Å². The summed E-state index contributed by atoms with van der Waals surface area (Å²) in [4.78, 5) is 0. The SMILES string of the molecule is Bc1ccc(C#N)cc1C. The Labute approximate surface area is 61.7 Å². The van der Waals surface area contributed by atoms with E-state index in [9.17, 15) is 0 Å². The van der Waals surface area contributed by atoms with Crippen molar-refractivity contribution in [2.24, 2.45) is 0 Å². The van der Waals surface area contributed by atoms with E-state index in [1.165, 1.54) is 11.0 Å². The van der Waals surface area contributed by atoms with Crippen molar-refractivity contribution in [1.29, 1.82) is 5.26 Å². The van der Waals surface area contributed by atoms with E-state index < -0.39 is 0 Å². The standard InChI is InChI=1S/C8H8BN/c1-6-4-7(5-10)2-3-8(6)9/h2-4H,9H2,1H3. The molecule has 0 radical (unpaired) electrons. The average molecular weight is 129 g/mol. The number of aryl methyl sites for hydroxylation is 1. The Bertz CT molecular complexity index is 286. The molecule has 0 unspecified atom stereocenters. The monoisotopic (exact) mass is 129 g/mol. The van der Waals surface area contributed by atoms with E-state index in [0.29, 0.717) is 0 Å². The van der Waals surface area contributed by atoms with Crippen LogP contribution in [0.1, 0.15) is 11.1 Å². The predicted octanol–water partition coefficient (Wildman–Crippen LogP) is 0.125. The third-order valence-electron chi connectivity index (χ3n) is 1.64. The average Bonchev–Trinajstić information content (AvgIpc) is 1.95. The van der Waals surface area contributed by atoms with Crippen molar-refractivity contribution in [3.63, 3.8) is 0 Å². The molecule has 1 aromatic rings. The Kier molecular flexibility index (Phi) is 1.77. The molecular weight excluding hydrogens is 121 g/mol. The molecule has 10 heavy (non-hydrogen) atoms. The number of benzene rings is 1. The Morgan fingerprint density at radius 1 is 1.50 bits per heavy atom. The first-order valence-electron chi connectivity index (χ1n) is 3.21. The second kappa shape index (κ2) is 2.57. The van der Waals surface area contributed by atoms with Gasteiger partial charge >= 0.3 is 0 Å². The molecule has 0 fully saturated rings. The van der Waals surface area contributed by atoms with Gasteiger partial charge in [0.15, 0.2) is 0 Å². The maximum Gasteiger partial charge on any atom is 0.139 e. The van der Waals surface area contributed by atoms with Gasteiger partial charge in [-0.1, -0.05) is 17.1 Å². The van der Waals surface area contributed by atoms with Gasteiger partial charge in [0.2, 0.25) is 0 Å². The third kappa shape index (κ3) is 1.19. The van der Waals surface area contributed by atoms with Crippen LogP contribution >= 0.6 is 0 Å². The third-order valence-corrected chi connectivity index (χ3v) is 1.64. The minimum Gasteiger partial charge on any atom is -0.192 e. The van der Waals surface area contributed by atoms with E-state index >= 15 is 0 Å². The number of rotatable bonds is 0. The lowest BCUT2D eigenvalue weighted by molar-refractivity contribution is 1.45. The number of hydrogen-bond donors (Lipinski definition) is 0. The second-order valence-corrected chi connectivity index (χ2v) is 2.41. The van der Waals surface area contributed by atoms with Gasteiger partial charge in [-0.2, -0.15) is 5.26 Å². The van der Waals surface area contributed by atoms with Gasteiger partial charge in [-0.3, -0.25) is 0 Å². The zero-order chi connectivity index (χ0) is 7.56. The van der Waals surface area contributed by atoms with Crippen LogP contribution in [0.15, 0.2) is 18.2 Å². The van der Waals surface area contributed by atoms with Crippen LogP contribution in [0.4, 0.5) is 0 Å². The van der Waals surface area contributed by atoms with Crippen molar-refractivity contribution in [1.82, 2.24) is 0 Å². The smallest absolute Gasteiger partial charge is 0.139 e. The van der Waals surface area contributed by atoms with E-state index in [-0.39, 0.29) is 0 Å². The van der Waals surface area contributed by atoms with Crippen molar-refractivity contribution < 1.29 is 0 Å². The number of hydrogen-bond acceptors (Lipinski definition) is 1. The molecule has 2 heteroatoms. The van der Waals surface area contributed by atoms with Crippen LogP contribution < -0.4 is 5.46 Å². The molecule has 0 atom stereocenters. The molecule has 0 spiro atoms. The zero-order valence-corrected chi connectivity index (χ0v) is 6.18. The van der Waals surface area contributed by atoms with Crippen LogP contribution in [-0.2, 0) is 0 Å². The fraction of sp³-hybridized carbons (Fsp3) is 0.125. The highest BCUT2D eigenvalue weighted by atomic mass is 14.2. The molecule has 0 aromatic heterocycles. The molecule has 0 aliphatic carbocycles. The molecule has 0 heterocycles. The highest BCUT2D eigenvalue weighted by Crippen LogP contribution is 1.98. The van der Waals surface area contributed by atoms with Crippen LogP contribution in [0.3, 0.4) is 0 Å². The summed E-state index contributed by atoms with van der Waals surface area (Å²) in [6, 6.07) is 7.79. The largest absolute Gasteiger partial charge is 0.192 e. The maximum atomic E-state index is 8.50. The highest BCUT2D eigenvalue weighted by Gasteiger charge is 1.92. The predicted molar refractivity (Wildman–Crippen MR) is 44.1 cm³/mol. The molecule has 1 aromatic carbocycles. The number of nitriles is 1. The Morgan fingerprint density at radius 3 is 2.70 bits per heavy atom. The highest BCUT2D eigenvalue weighted by molar-refractivity contribution is 6.33. The lowest BCUT2D eigenvalue weighted by atomic mass is 9.90. The zero-order valence-electron chi connectivity index (χ0n) is 6.18. The van der Waals surface area contributed by atoms with Gasteiger partial charge in [-0.05, 0) is 19.1 Å². The first kappa shape index (κ1) is 6.89. The molecule has 0 N–H and O–H groups in total. The van der Waals surface area contributed by atoms with Crippen LogP contribution in [-0.4, -0.2) is 7.85 Å². The molecule has 1 rings (SSSR count). The molecule has 0 aliphatic rings. The van der Waals surface area contributed by atoms with Crippen molar-refractivity contribution >= 4 is 13.3 Å². The number of nitrogens with zero attached hydrogens (tertiary/aromatic N) is 1. The van der Waals surface area contributed by atoms with Crippen molar-refractivity contribution in [3.8, 4) is 6.07 Å². The van der Waals surface area contributed by atoms with Crippen molar-refractivity contribution in [3.05, 3.63) is 29.3 Å². The summed E-state index contributed by atoms with van der Waals surface area (Å²) in [6.45, 7) is 2.01. The van der Waals surface area contributed by atoms with E-state index in [0.717, 1.165) is 5.56 Å². The minimum atomic E-state index is 0.739. The molecule has 0 amide bonds. The summed E-state index contributed by atoms with van der Waals surface area (Å²) in [7, 11) is 2.04. The van der Waals surface area contributed by atoms with E-state index in [1.807, 2.05) is 33.0 Å². The minimum absolute atomic E-state index is 0.739. The van der Waals surface area contributed by atoms with Crippen molar-refractivity contribution in [2.75, 3.05) is 0 Å². The summed E-state index contributed by atoms with van der Waals surface area (Å²) in [6.07, 6.45) is 0. The fourth-order valence-electron chi connectivity index (χ4n) is 0.811. The molecular formula is C8H8BN. The van der Waals surface area contributed by atoms with Gasteiger partial charge in [0, 0.05) is 0 Å². The molecule has 48 valence electrons. The summed E-state index contributed by atoms with van der Waals surface area (Å²) < 4.78 is 0. The van der Waals surface area contributed by atoms with Gasteiger partial charge in [-0.25, -0.2) is 0 Å². The van der Waals surface area contributed by atoms with Gasteiger partial charge in [0.1, 0.15) is 7.85 Å². The molecule has 0 aliphatic heterocycles. The first-order chi connectivity index (χ1) is 4.74. The molecule has 1 nitrogen and oxygen atoms in total. The van der Waals surface area contributed by atoms with Gasteiger partial charge < -0.3 is 0 Å². The topological polar surface area (TPSA) is 23.8 Å². The molecule has 0 saturated carbocycles. The van der Waals surface area contributed by atoms with E-state index in [1.54, 1.807) is 0 Å². The van der Waals surface area contributed by atoms with Gasteiger partial charge in [0.25, 0.3) is 0 Å². The van der Waals surface area contributed by atoms with Crippen LogP contribution in [0, 0.1) is 18.3 Å². The van der Waals surface area contributed by atoms with Crippen LogP contribution in [0.5, 0.6) is 0 Å². The molecule has 0 saturated heterocycles. The van der Waals surface area contributed by atoms with Crippen molar-refractivity contribution in [2.45, 2.75) is 6.92 Å². The summed E-state index contributed by atoms with van der Waals surface area (Å²) in [5.74, 6) is 0. The van der Waals surface area contributed by atoms with Gasteiger partial charge in [-0.15, -0.1) is 0 Å². The summed E-state index contributed by atoms with van der Waals surface area (Å²) >= 11 is 0. The van der Waals surface area contributed by atoms with Gasteiger partial charge in [0.05, 0.1) is 11.6 Å². The summed E-state index contributed by atoms with van der Waals surface area (Å²) in [5.41, 5.74) is 3.15. The lowest BCUT2D eigenvalue weighted by Gasteiger charge is -1.97. The Balaban J connectivity index is 3.20. The second-order valence-electron chi connectivity index (χ2n) is 2.41. The Morgan fingerprint density at radius 2 is 2.20 bits per heavy atom. The quantitative estimate of drug-likeness (QED) is 0.456. The Hall–Kier alpha value is -1.23. The normalized spacial score (nSPS) is 8.80. The van der Waals surface area contributed by atoms with Crippen LogP contribution in [0.25, 0.3) is 0 Å². The lowest BCUT2D eigenvalue weighted by Crippen LogP contribution is -2.05. The molecule has 0 bridgehead atoms. The van der Waals surface area contributed by atoms with E-state index in [4.69, 9.17) is 5.26 Å². The van der Waals surface area contributed by atoms with Crippen LogP contribution in [0.2, 0.25) is 0 Å². The summed E-state index contributed by atoms with van der Waals surface area (Å²) in [5, 5.41) is 8.50.